The SMILES string of the molecule is Cc1cc(C(=O)OCC(=O)Nc2c(Cl)cccc2Cl)c2c(C)nn(C)c2n1. The monoisotopic (exact) mass is 406 g/mol. The molecule has 2 aromatic heterocycles. The smallest absolute Gasteiger partial charge is 0.339 e. The van der Waals surface area contributed by atoms with Gasteiger partial charge in [-0.05, 0) is 32.0 Å². The van der Waals surface area contributed by atoms with E-state index in [1.165, 1.54) is 0 Å². The van der Waals surface area contributed by atoms with E-state index in [9.17, 15) is 9.59 Å². The summed E-state index contributed by atoms with van der Waals surface area (Å²) in [7, 11) is 1.75. The molecule has 1 N–H and O–H groups in total. The van der Waals surface area contributed by atoms with Gasteiger partial charge in [-0.25, -0.2) is 9.78 Å². The molecule has 0 radical (unpaired) electrons. The summed E-state index contributed by atoms with van der Waals surface area (Å²) in [6, 6.07) is 6.46. The highest BCUT2D eigenvalue weighted by atomic mass is 35.5. The van der Waals surface area contributed by atoms with Gasteiger partial charge in [-0.3, -0.25) is 9.48 Å². The highest BCUT2D eigenvalue weighted by Gasteiger charge is 2.20. The molecule has 0 aliphatic heterocycles. The second-order valence-electron chi connectivity index (χ2n) is 5.94. The average Bonchev–Trinajstić information content (AvgIpc) is 2.89. The molecule has 3 rings (SSSR count). The summed E-state index contributed by atoms with van der Waals surface area (Å²) in [6.07, 6.45) is 0. The molecule has 2 heterocycles. The predicted molar refractivity (Wildman–Crippen MR) is 103 cm³/mol. The molecule has 0 aliphatic carbocycles. The number of rotatable bonds is 4. The normalized spacial score (nSPS) is 10.9. The number of anilines is 1. The molecule has 27 heavy (non-hydrogen) atoms. The van der Waals surface area contributed by atoms with Crippen LogP contribution in [0, 0.1) is 13.8 Å². The number of nitrogens with zero attached hydrogens (tertiary/aromatic N) is 3. The number of aryl methyl sites for hydroxylation is 3. The Morgan fingerprint density at radius 1 is 1.22 bits per heavy atom. The van der Waals surface area contributed by atoms with Crippen LogP contribution in [0.25, 0.3) is 11.0 Å². The summed E-state index contributed by atoms with van der Waals surface area (Å²) in [6.45, 7) is 3.06. The van der Waals surface area contributed by atoms with E-state index < -0.39 is 18.5 Å². The molecule has 0 unspecified atom stereocenters. The number of esters is 1. The third kappa shape index (κ3) is 3.89. The number of hydrogen-bond donors (Lipinski definition) is 1. The first-order valence-electron chi connectivity index (χ1n) is 8.00. The van der Waals surface area contributed by atoms with Crippen molar-refractivity contribution in [3.63, 3.8) is 0 Å². The van der Waals surface area contributed by atoms with Gasteiger partial charge in [0.25, 0.3) is 5.91 Å². The Labute approximate surface area is 165 Å². The first-order valence-corrected chi connectivity index (χ1v) is 8.75. The highest BCUT2D eigenvalue weighted by Crippen LogP contribution is 2.29. The van der Waals surface area contributed by atoms with Gasteiger partial charge < -0.3 is 10.1 Å². The standard InChI is InChI=1S/C18H16Cl2N4O3/c1-9-7-11(15-10(2)23-24(3)17(15)21-9)18(26)27-8-14(25)22-16-12(19)5-4-6-13(16)20/h4-7H,8H2,1-3H3,(H,22,25). The van der Waals surface area contributed by atoms with Gasteiger partial charge in [0.2, 0.25) is 0 Å². The Morgan fingerprint density at radius 3 is 2.56 bits per heavy atom. The number of benzene rings is 1. The molecule has 0 aliphatic rings. The number of aromatic nitrogens is 3. The van der Waals surface area contributed by atoms with Gasteiger partial charge in [0.1, 0.15) is 0 Å². The van der Waals surface area contributed by atoms with E-state index in [4.69, 9.17) is 27.9 Å². The quantitative estimate of drug-likeness (QED) is 0.667. The summed E-state index contributed by atoms with van der Waals surface area (Å²) in [5.41, 5.74) is 2.45. The van der Waals surface area contributed by atoms with Crippen LogP contribution in [0.3, 0.4) is 0 Å². The summed E-state index contributed by atoms with van der Waals surface area (Å²) >= 11 is 12.0. The van der Waals surface area contributed by atoms with Crippen molar-refractivity contribution in [1.29, 1.82) is 0 Å². The number of hydrogen-bond acceptors (Lipinski definition) is 5. The minimum Gasteiger partial charge on any atom is -0.452 e. The van der Waals surface area contributed by atoms with Crippen LogP contribution in [0.2, 0.25) is 10.0 Å². The first-order chi connectivity index (χ1) is 12.8. The van der Waals surface area contributed by atoms with E-state index >= 15 is 0 Å². The van der Waals surface area contributed by atoms with Crippen LogP contribution >= 0.6 is 23.2 Å². The van der Waals surface area contributed by atoms with Crippen molar-refractivity contribution in [3.05, 3.63) is 51.3 Å². The molecule has 9 heteroatoms. The molecule has 0 bridgehead atoms. The number of halogens is 2. The molecule has 0 spiro atoms. The van der Waals surface area contributed by atoms with Crippen LogP contribution in [0.5, 0.6) is 0 Å². The van der Waals surface area contributed by atoms with E-state index in [-0.39, 0.29) is 5.69 Å². The van der Waals surface area contributed by atoms with Crippen LogP contribution in [0.15, 0.2) is 24.3 Å². The van der Waals surface area contributed by atoms with Crippen molar-refractivity contribution in [2.75, 3.05) is 11.9 Å². The van der Waals surface area contributed by atoms with Crippen molar-refractivity contribution in [3.8, 4) is 0 Å². The van der Waals surface area contributed by atoms with E-state index in [1.54, 1.807) is 49.8 Å². The maximum Gasteiger partial charge on any atom is 0.339 e. The van der Waals surface area contributed by atoms with Gasteiger partial charge >= 0.3 is 5.97 Å². The van der Waals surface area contributed by atoms with Crippen molar-refractivity contribution in [2.24, 2.45) is 7.05 Å². The number of carbonyl (C=O) groups is 2. The van der Waals surface area contributed by atoms with Gasteiger partial charge in [-0.2, -0.15) is 5.10 Å². The summed E-state index contributed by atoms with van der Waals surface area (Å²) in [5, 5.41) is 8.01. The van der Waals surface area contributed by atoms with Crippen molar-refractivity contribution in [1.82, 2.24) is 14.8 Å². The zero-order valence-corrected chi connectivity index (χ0v) is 16.4. The second-order valence-corrected chi connectivity index (χ2v) is 6.75. The molecule has 7 nitrogen and oxygen atoms in total. The summed E-state index contributed by atoms with van der Waals surface area (Å²) in [5.74, 6) is -1.19. The van der Waals surface area contributed by atoms with Crippen molar-refractivity contribution >= 4 is 51.8 Å². The number of carbonyl (C=O) groups excluding carboxylic acids is 2. The average molecular weight is 407 g/mol. The largest absolute Gasteiger partial charge is 0.452 e. The van der Waals surface area contributed by atoms with Crippen LogP contribution in [0.1, 0.15) is 21.7 Å². The molecular weight excluding hydrogens is 391 g/mol. The molecule has 0 atom stereocenters. The number of fused-ring (bicyclic) bond motifs is 1. The second kappa shape index (κ2) is 7.54. The summed E-state index contributed by atoms with van der Waals surface area (Å²) in [4.78, 5) is 29.1. The van der Waals surface area contributed by atoms with Crippen LogP contribution in [-0.2, 0) is 16.6 Å². The van der Waals surface area contributed by atoms with Crippen molar-refractivity contribution < 1.29 is 14.3 Å². The maximum absolute atomic E-state index is 12.5. The Balaban J connectivity index is 1.77. The third-order valence-corrected chi connectivity index (χ3v) is 4.51. The van der Waals surface area contributed by atoms with E-state index in [2.05, 4.69) is 15.4 Å². The van der Waals surface area contributed by atoms with Gasteiger partial charge in [0, 0.05) is 12.7 Å². The molecule has 3 aromatic rings. The molecule has 1 amide bonds. The number of para-hydroxylation sites is 1. The highest BCUT2D eigenvalue weighted by molar-refractivity contribution is 6.39. The molecule has 0 fully saturated rings. The topological polar surface area (TPSA) is 86.1 Å². The lowest BCUT2D eigenvalue weighted by molar-refractivity contribution is -0.119. The Morgan fingerprint density at radius 2 is 1.89 bits per heavy atom. The van der Waals surface area contributed by atoms with Gasteiger partial charge in [-0.1, -0.05) is 29.3 Å². The minimum absolute atomic E-state index is 0.270. The van der Waals surface area contributed by atoms with Gasteiger partial charge in [0.15, 0.2) is 12.3 Å². The lowest BCUT2D eigenvalue weighted by Crippen LogP contribution is -2.21. The summed E-state index contributed by atoms with van der Waals surface area (Å²) < 4.78 is 6.77. The Kier molecular flexibility index (Phi) is 5.34. The predicted octanol–water partition coefficient (Wildman–Crippen LogP) is 3.69. The van der Waals surface area contributed by atoms with Crippen LogP contribution in [0.4, 0.5) is 5.69 Å². The van der Waals surface area contributed by atoms with Crippen molar-refractivity contribution in [2.45, 2.75) is 13.8 Å². The number of ether oxygens (including phenoxy) is 1. The lowest BCUT2D eigenvalue weighted by Gasteiger charge is -2.10. The molecular formula is C18H16Cl2N4O3. The Hall–Kier alpha value is -2.64. The molecule has 140 valence electrons. The van der Waals surface area contributed by atoms with Crippen LogP contribution < -0.4 is 5.32 Å². The molecule has 0 saturated carbocycles. The van der Waals surface area contributed by atoms with E-state index in [1.807, 2.05) is 0 Å². The number of nitrogens with one attached hydrogen (secondary N) is 1. The molecule has 1 aromatic carbocycles. The minimum atomic E-state index is -0.637. The van der Waals surface area contributed by atoms with E-state index in [0.29, 0.717) is 38.0 Å². The van der Waals surface area contributed by atoms with Gasteiger partial charge in [-0.15, -0.1) is 0 Å². The number of amides is 1. The third-order valence-electron chi connectivity index (χ3n) is 3.88. The fraction of sp³-hybridized carbons (Fsp3) is 0.222. The lowest BCUT2D eigenvalue weighted by atomic mass is 10.1. The zero-order valence-electron chi connectivity index (χ0n) is 14.8. The number of pyridine rings is 1. The zero-order chi connectivity index (χ0) is 19.7. The van der Waals surface area contributed by atoms with Gasteiger partial charge in [0.05, 0.1) is 32.4 Å². The fourth-order valence-corrected chi connectivity index (χ4v) is 3.22. The first kappa shape index (κ1) is 19.1. The van der Waals surface area contributed by atoms with E-state index in [0.717, 1.165) is 0 Å². The van der Waals surface area contributed by atoms with Crippen LogP contribution in [-0.4, -0.2) is 33.2 Å². The fourth-order valence-electron chi connectivity index (χ4n) is 2.73. The maximum atomic E-state index is 12.5. The molecule has 0 saturated heterocycles. The Bertz CT molecular complexity index is 1040.